The Morgan fingerprint density at radius 1 is 1.50 bits per heavy atom. The summed E-state index contributed by atoms with van der Waals surface area (Å²) in [6, 6.07) is 3.24. The number of aryl methyl sites for hydroxylation is 2. The molecule has 2 N–H and O–H groups in total. The minimum absolute atomic E-state index is 0.138. The number of nitrogens with zero attached hydrogens (tertiary/aromatic N) is 2. The van der Waals surface area contributed by atoms with Crippen molar-refractivity contribution >= 4 is 27.6 Å². The van der Waals surface area contributed by atoms with Crippen LogP contribution in [0.1, 0.15) is 17.0 Å². The van der Waals surface area contributed by atoms with Gasteiger partial charge in [0.1, 0.15) is 11.9 Å². The summed E-state index contributed by atoms with van der Waals surface area (Å²) >= 11 is 0. The maximum Gasteiger partial charge on any atom is 0.231 e. The van der Waals surface area contributed by atoms with E-state index in [1.807, 2.05) is 6.07 Å². The smallest absolute Gasteiger partial charge is 0.231 e. The van der Waals surface area contributed by atoms with Crippen molar-refractivity contribution in [2.45, 2.75) is 18.9 Å². The Morgan fingerprint density at radius 2 is 2.27 bits per heavy atom. The molecule has 112 valence electrons. The number of fused-ring (bicyclic) bond motifs is 1. The number of H-pyrrole nitrogens is 1. The van der Waals surface area contributed by atoms with Crippen LogP contribution < -0.4 is 4.72 Å². The summed E-state index contributed by atoms with van der Waals surface area (Å²) in [6.45, 7) is 3.22. The molecule has 0 fully saturated rings. The maximum absolute atomic E-state index is 14.1. The van der Waals surface area contributed by atoms with Crippen molar-refractivity contribution < 1.29 is 13.0 Å². The molecule has 0 saturated heterocycles. The zero-order valence-electron chi connectivity index (χ0n) is 11.7. The van der Waals surface area contributed by atoms with Crippen molar-refractivity contribution in [3.63, 3.8) is 0 Å². The number of nitriles is 1. The fraction of sp³-hybridized carbons (Fsp3) is 0.143. The van der Waals surface area contributed by atoms with E-state index in [2.05, 4.69) is 14.7 Å². The topological polar surface area (TPSA) is 94.7 Å². The summed E-state index contributed by atoms with van der Waals surface area (Å²) in [5.41, 5.74) is 1.49. The standard InChI is InChI=1S/C14H11FN4O2S/c1-7-10(15)3-11(14-13(7)9(4-16)5-18-14)19-22(20)12-6-17-8(2)21-12/h3,5-6,18-19H,1-2H3. The number of aromatic nitrogens is 2. The van der Waals surface area contributed by atoms with Gasteiger partial charge in [-0.3, -0.25) is 4.72 Å². The highest BCUT2D eigenvalue weighted by Crippen LogP contribution is 2.31. The van der Waals surface area contributed by atoms with Crippen molar-refractivity contribution in [3.8, 4) is 6.07 Å². The molecule has 3 aromatic rings. The predicted molar refractivity (Wildman–Crippen MR) is 79.0 cm³/mol. The molecule has 0 spiro atoms. The van der Waals surface area contributed by atoms with Crippen LogP contribution in [-0.4, -0.2) is 14.2 Å². The molecule has 1 aromatic carbocycles. The van der Waals surface area contributed by atoms with Crippen LogP contribution in [0.2, 0.25) is 0 Å². The van der Waals surface area contributed by atoms with Gasteiger partial charge in [0.15, 0.2) is 16.9 Å². The van der Waals surface area contributed by atoms with E-state index in [0.717, 1.165) is 0 Å². The van der Waals surface area contributed by atoms with Crippen molar-refractivity contribution in [1.29, 1.82) is 5.26 Å². The first-order chi connectivity index (χ1) is 10.5. The van der Waals surface area contributed by atoms with E-state index in [0.29, 0.717) is 27.9 Å². The summed E-state index contributed by atoms with van der Waals surface area (Å²) in [6.07, 6.45) is 2.83. The molecule has 8 heteroatoms. The second-order valence-electron chi connectivity index (χ2n) is 4.66. The molecule has 2 heterocycles. The van der Waals surface area contributed by atoms with Gasteiger partial charge in [-0.15, -0.1) is 0 Å². The first kappa shape index (κ1) is 14.3. The molecule has 3 rings (SSSR count). The Balaban J connectivity index is 2.08. The molecule has 22 heavy (non-hydrogen) atoms. The molecule has 0 aliphatic carbocycles. The summed E-state index contributed by atoms with van der Waals surface area (Å²) in [7, 11) is -1.73. The van der Waals surface area contributed by atoms with Gasteiger partial charge < -0.3 is 9.40 Å². The summed E-state index contributed by atoms with van der Waals surface area (Å²) < 4.78 is 34.1. The molecule has 0 aliphatic heterocycles. The first-order valence-corrected chi connectivity index (χ1v) is 7.47. The second-order valence-corrected chi connectivity index (χ2v) is 5.81. The predicted octanol–water partition coefficient (Wildman–Crippen LogP) is 2.92. The number of nitrogens with one attached hydrogen (secondary N) is 2. The van der Waals surface area contributed by atoms with Crippen molar-refractivity contribution in [1.82, 2.24) is 9.97 Å². The molecule has 1 atom stereocenters. The highest BCUT2D eigenvalue weighted by Gasteiger charge is 2.17. The zero-order valence-corrected chi connectivity index (χ0v) is 12.5. The SMILES string of the molecule is Cc1ncc(S(=O)Nc2cc(F)c(C)c3c(C#N)c[nH]c23)o1. The second kappa shape index (κ2) is 5.27. The number of benzene rings is 1. The van der Waals surface area contributed by atoms with Crippen molar-refractivity contribution in [2.24, 2.45) is 0 Å². The van der Waals surface area contributed by atoms with E-state index in [9.17, 15) is 8.60 Å². The Morgan fingerprint density at radius 3 is 2.91 bits per heavy atom. The highest BCUT2D eigenvalue weighted by molar-refractivity contribution is 7.86. The minimum Gasteiger partial charge on any atom is -0.430 e. The van der Waals surface area contributed by atoms with Crippen LogP contribution >= 0.6 is 0 Å². The third kappa shape index (κ3) is 2.25. The lowest BCUT2D eigenvalue weighted by Gasteiger charge is -2.08. The van der Waals surface area contributed by atoms with Gasteiger partial charge in [-0.25, -0.2) is 13.6 Å². The number of hydrogen-bond donors (Lipinski definition) is 2. The van der Waals surface area contributed by atoms with Gasteiger partial charge in [0.25, 0.3) is 0 Å². The third-order valence-electron chi connectivity index (χ3n) is 3.26. The normalized spacial score (nSPS) is 12.3. The van der Waals surface area contributed by atoms with Gasteiger partial charge in [0, 0.05) is 24.6 Å². The number of anilines is 1. The minimum atomic E-state index is -1.73. The van der Waals surface area contributed by atoms with Gasteiger partial charge in [-0.1, -0.05) is 0 Å². The average Bonchev–Trinajstić information content (AvgIpc) is 3.10. The number of hydrogen-bond acceptors (Lipinski definition) is 4. The quantitative estimate of drug-likeness (QED) is 0.776. The molecular formula is C14H11FN4O2S. The molecule has 0 radical (unpaired) electrons. The summed E-state index contributed by atoms with van der Waals surface area (Å²) in [5, 5.41) is 9.70. The highest BCUT2D eigenvalue weighted by atomic mass is 32.2. The molecule has 1 unspecified atom stereocenters. The Bertz CT molecular complexity index is 938. The van der Waals surface area contributed by atoms with Crippen molar-refractivity contribution in [2.75, 3.05) is 4.72 Å². The Hall–Kier alpha value is -2.66. The molecule has 0 saturated carbocycles. The molecule has 0 aliphatic rings. The van der Waals surface area contributed by atoms with E-state index >= 15 is 0 Å². The monoisotopic (exact) mass is 318 g/mol. The fourth-order valence-corrected chi connectivity index (χ4v) is 3.00. The largest absolute Gasteiger partial charge is 0.430 e. The van der Waals surface area contributed by atoms with E-state index < -0.39 is 16.8 Å². The van der Waals surface area contributed by atoms with Crippen molar-refractivity contribution in [3.05, 3.63) is 41.3 Å². The molecule has 0 bridgehead atoms. The van der Waals surface area contributed by atoms with Gasteiger partial charge in [0.05, 0.1) is 23.0 Å². The fourth-order valence-electron chi connectivity index (χ4n) is 2.20. The number of rotatable bonds is 3. The van der Waals surface area contributed by atoms with Gasteiger partial charge in [-0.2, -0.15) is 5.26 Å². The van der Waals surface area contributed by atoms with E-state index in [1.165, 1.54) is 18.5 Å². The molecule has 2 aromatic heterocycles. The number of aromatic amines is 1. The summed E-state index contributed by atoms with van der Waals surface area (Å²) in [4.78, 5) is 6.77. The molecule has 0 amide bonds. The van der Waals surface area contributed by atoms with Crippen LogP contribution in [0.15, 0.2) is 28.0 Å². The summed E-state index contributed by atoms with van der Waals surface area (Å²) in [5.74, 6) is -0.103. The molecular weight excluding hydrogens is 307 g/mol. The van der Waals surface area contributed by atoms with Gasteiger partial charge in [0.2, 0.25) is 5.09 Å². The first-order valence-electron chi connectivity index (χ1n) is 6.32. The lowest BCUT2D eigenvalue weighted by Crippen LogP contribution is -2.05. The van der Waals surface area contributed by atoms with Crippen LogP contribution in [-0.2, 0) is 11.0 Å². The van der Waals surface area contributed by atoms with Gasteiger partial charge >= 0.3 is 0 Å². The van der Waals surface area contributed by atoms with E-state index in [-0.39, 0.29) is 10.8 Å². The van der Waals surface area contributed by atoms with Gasteiger partial charge in [-0.05, 0) is 12.5 Å². The maximum atomic E-state index is 14.1. The average molecular weight is 318 g/mol. The Kier molecular flexibility index (Phi) is 3.42. The zero-order chi connectivity index (χ0) is 15.9. The van der Waals surface area contributed by atoms with Crippen LogP contribution in [0.3, 0.4) is 0 Å². The lowest BCUT2D eigenvalue weighted by atomic mass is 10.1. The number of halogens is 1. The van der Waals surface area contributed by atoms with Crippen LogP contribution in [0.4, 0.5) is 10.1 Å². The lowest BCUT2D eigenvalue weighted by molar-refractivity contribution is 0.435. The van der Waals surface area contributed by atoms with Crippen LogP contribution in [0.25, 0.3) is 10.9 Å². The Labute approximate surface area is 127 Å². The van der Waals surface area contributed by atoms with Crippen LogP contribution in [0, 0.1) is 31.0 Å². The van der Waals surface area contributed by atoms with Crippen LogP contribution in [0.5, 0.6) is 0 Å². The number of oxazole rings is 1. The third-order valence-corrected chi connectivity index (χ3v) is 4.22. The van der Waals surface area contributed by atoms with E-state index in [1.54, 1.807) is 13.8 Å². The van der Waals surface area contributed by atoms with E-state index in [4.69, 9.17) is 9.68 Å². The molecule has 6 nitrogen and oxygen atoms in total.